The van der Waals surface area contributed by atoms with Crippen LogP contribution in [0.5, 0.6) is 0 Å². The van der Waals surface area contributed by atoms with Crippen LogP contribution in [0.2, 0.25) is 0 Å². The predicted octanol–water partition coefficient (Wildman–Crippen LogP) is 3.95. The number of rotatable bonds is 4. The van der Waals surface area contributed by atoms with Gasteiger partial charge in [-0.1, -0.05) is 43.3 Å². The normalized spacial score (nSPS) is 12.3. The Morgan fingerprint density at radius 1 is 1.05 bits per heavy atom. The van der Waals surface area contributed by atoms with E-state index in [2.05, 4.69) is 48.4 Å². The van der Waals surface area contributed by atoms with E-state index >= 15 is 0 Å². The molecule has 1 unspecified atom stereocenters. The lowest BCUT2D eigenvalue weighted by atomic mass is 10.0. The Labute approximate surface area is 125 Å². The van der Waals surface area contributed by atoms with E-state index in [4.69, 9.17) is 5.73 Å². The van der Waals surface area contributed by atoms with Crippen molar-refractivity contribution in [2.24, 2.45) is 5.73 Å². The molecule has 106 valence electrons. The molecule has 0 radical (unpaired) electrons. The minimum absolute atomic E-state index is 0.0815. The van der Waals surface area contributed by atoms with Gasteiger partial charge in [0.1, 0.15) is 0 Å². The number of aromatic nitrogens is 2. The Bertz CT molecular complexity index is 716. The molecule has 1 atom stereocenters. The van der Waals surface area contributed by atoms with Gasteiger partial charge in [-0.15, -0.1) is 0 Å². The van der Waals surface area contributed by atoms with Crippen molar-refractivity contribution in [3.05, 3.63) is 72.4 Å². The van der Waals surface area contributed by atoms with E-state index in [9.17, 15) is 0 Å². The first-order chi connectivity index (χ1) is 10.3. The molecule has 3 aromatic rings. The fourth-order valence-electron chi connectivity index (χ4n) is 2.46. The molecular formula is C18H19N3. The van der Waals surface area contributed by atoms with E-state index in [1.165, 1.54) is 0 Å². The average Bonchev–Trinajstić information content (AvgIpc) is 3.04. The second-order valence-corrected chi connectivity index (χ2v) is 5.10. The summed E-state index contributed by atoms with van der Waals surface area (Å²) in [5.74, 6) is 0. The molecule has 0 aliphatic heterocycles. The fraction of sp³-hybridized carbons (Fsp3) is 0.167. The van der Waals surface area contributed by atoms with E-state index in [1.807, 2.05) is 35.1 Å². The average molecular weight is 277 g/mol. The zero-order chi connectivity index (χ0) is 14.7. The van der Waals surface area contributed by atoms with Crippen LogP contribution in [0.4, 0.5) is 0 Å². The minimum atomic E-state index is 0.0815. The maximum atomic E-state index is 6.14. The van der Waals surface area contributed by atoms with E-state index in [0.717, 1.165) is 28.9 Å². The quantitative estimate of drug-likeness (QED) is 0.784. The summed E-state index contributed by atoms with van der Waals surface area (Å²) in [5.41, 5.74) is 10.6. The summed E-state index contributed by atoms with van der Waals surface area (Å²) in [7, 11) is 0. The third-order valence-electron chi connectivity index (χ3n) is 3.69. The molecule has 0 saturated heterocycles. The van der Waals surface area contributed by atoms with Crippen molar-refractivity contribution in [1.29, 1.82) is 0 Å². The minimum Gasteiger partial charge on any atom is -0.324 e. The van der Waals surface area contributed by atoms with Crippen LogP contribution in [0.3, 0.4) is 0 Å². The van der Waals surface area contributed by atoms with Crippen LogP contribution in [0, 0.1) is 0 Å². The third kappa shape index (κ3) is 2.73. The lowest BCUT2D eigenvalue weighted by Crippen LogP contribution is -2.08. The van der Waals surface area contributed by atoms with Gasteiger partial charge in [-0.05, 0) is 36.2 Å². The van der Waals surface area contributed by atoms with E-state index < -0.39 is 0 Å². The monoisotopic (exact) mass is 277 g/mol. The molecule has 3 nitrogen and oxygen atoms in total. The Kier molecular flexibility index (Phi) is 3.84. The molecule has 21 heavy (non-hydrogen) atoms. The molecule has 3 rings (SSSR count). The highest BCUT2D eigenvalue weighted by Gasteiger charge is 2.09. The lowest BCUT2D eigenvalue weighted by molar-refractivity contribution is 0.699. The van der Waals surface area contributed by atoms with Crippen molar-refractivity contribution in [1.82, 2.24) is 9.78 Å². The van der Waals surface area contributed by atoms with Gasteiger partial charge in [0.2, 0.25) is 0 Å². The van der Waals surface area contributed by atoms with Crippen LogP contribution < -0.4 is 5.73 Å². The van der Waals surface area contributed by atoms with Gasteiger partial charge in [-0.25, -0.2) is 4.68 Å². The number of benzene rings is 2. The maximum absolute atomic E-state index is 6.14. The Hall–Kier alpha value is -2.39. The van der Waals surface area contributed by atoms with E-state index in [-0.39, 0.29) is 6.04 Å². The van der Waals surface area contributed by atoms with Crippen LogP contribution >= 0.6 is 0 Å². The summed E-state index contributed by atoms with van der Waals surface area (Å²) in [6.07, 6.45) is 2.76. The molecule has 0 bridgehead atoms. The number of nitrogens with zero attached hydrogens (tertiary/aromatic N) is 2. The number of nitrogens with two attached hydrogens (primary N) is 1. The van der Waals surface area contributed by atoms with Crippen molar-refractivity contribution in [3.8, 4) is 16.9 Å². The zero-order valence-electron chi connectivity index (χ0n) is 12.1. The summed E-state index contributed by atoms with van der Waals surface area (Å²) < 4.78 is 1.95. The van der Waals surface area contributed by atoms with Gasteiger partial charge in [-0.2, -0.15) is 5.10 Å². The topological polar surface area (TPSA) is 43.8 Å². The van der Waals surface area contributed by atoms with E-state index in [0.29, 0.717) is 0 Å². The molecule has 0 amide bonds. The second kappa shape index (κ2) is 5.94. The van der Waals surface area contributed by atoms with Gasteiger partial charge in [-0.3, -0.25) is 0 Å². The summed E-state index contributed by atoms with van der Waals surface area (Å²) in [4.78, 5) is 0. The molecule has 0 aliphatic rings. The molecule has 3 heteroatoms. The molecule has 1 aromatic heterocycles. The molecule has 0 spiro atoms. The maximum Gasteiger partial charge on any atom is 0.0741 e. The van der Waals surface area contributed by atoms with Crippen molar-refractivity contribution >= 4 is 0 Å². The molecule has 0 saturated carbocycles. The molecular weight excluding hydrogens is 258 g/mol. The number of hydrogen-bond donors (Lipinski definition) is 1. The van der Waals surface area contributed by atoms with Gasteiger partial charge in [0.05, 0.1) is 17.6 Å². The fourth-order valence-corrected chi connectivity index (χ4v) is 2.46. The van der Waals surface area contributed by atoms with E-state index in [1.54, 1.807) is 0 Å². The Morgan fingerprint density at radius 3 is 2.62 bits per heavy atom. The van der Waals surface area contributed by atoms with Gasteiger partial charge in [0.25, 0.3) is 0 Å². The predicted molar refractivity (Wildman–Crippen MR) is 86.2 cm³/mol. The zero-order valence-corrected chi connectivity index (χ0v) is 12.1. The van der Waals surface area contributed by atoms with Crippen molar-refractivity contribution < 1.29 is 0 Å². The van der Waals surface area contributed by atoms with Crippen molar-refractivity contribution in [2.45, 2.75) is 19.4 Å². The molecule has 0 fully saturated rings. The lowest BCUT2D eigenvalue weighted by Gasteiger charge is -2.12. The van der Waals surface area contributed by atoms with Crippen molar-refractivity contribution in [3.63, 3.8) is 0 Å². The first-order valence-corrected chi connectivity index (χ1v) is 7.25. The summed E-state index contributed by atoms with van der Waals surface area (Å²) in [5, 5.41) is 4.44. The van der Waals surface area contributed by atoms with Gasteiger partial charge < -0.3 is 5.73 Å². The first kappa shape index (κ1) is 13.6. The van der Waals surface area contributed by atoms with Gasteiger partial charge in [0, 0.05) is 11.6 Å². The number of para-hydroxylation sites is 1. The summed E-state index contributed by atoms with van der Waals surface area (Å²) in [6, 6.07) is 20.7. The standard InChI is InChI=1S/C18H19N3/c1-2-17(19)14-7-6-8-15(13-14)18-11-12-20-21(18)16-9-4-3-5-10-16/h3-13,17H,2,19H2,1H3. The van der Waals surface area contributed by atoms with Crippen LogP contribution in [-0.2, 0) is 0 Å². The molecule has 0 aliphatic carbocycles. The second-order valence-electron chi connectivity index (χ2n) is 5.10. The largest absolute Gasteiger partial charge is 0.324 e. The van der Waals surface area contributed by atoms with Crippen LogP contribution in [0.1, 0.15) is 24.9 Å². The highest BCUT2D eigenvalue weighted by atomic mass is 15.3. The Morgan fingerprint density at radius 2 is 1.86 bits per heavy atom. The smallest absolute Gasteiger partial charge is 0.0741 e. The van der Waals surface area contributed by atoms with Crippen LogP contribution in [0.15, 0.2) is 66.9 Å². The van der Waals surface area contributed by atoms with Crippen molar-refractivity contribution in [2.75, 3.05) is 0 Å². The molecule has 2 aromatic carbocycles. The third-order valence-corrected chi connectivity index (χ3v) is 3.69. The first-order valence-electron chi connectivity index (χ1n) is 7.25. The van der Waals surface area contributed by atoms with Crippen LogP contribution in [0.25, 0.3) is 16.9 Å². The molecule has 2 N–H and O–H groups in total. The summed E-state index contributed by atoms with van der Waals surface area (Å²) >= 11 is 0. The highest BCUT2D eigenvalue weighted by Crippen LogP contribution is 2.25. The number of hydrogen-bond acceptors (Lipinski definition) is 2. The Balaban J connectivity index is 2.05. The van der Waals surface area contributed by atoms with Gasteiger partial charge >= 0.3 is 0 Å². The van der Waals surface area contributed by atoms with Gasteiger partial charge in [0.15, 0.2) is 0 Å². The SMILES string of the molecule is CCC(N)c1cccc(-c2ccnn2-c2ccccc2)c1. The molecule has 1 heterocycles. The highest BCUT2D eigenvalue weighted by molar-refractivity contribution is 5.62. The summed E-state index contributed by atoms with van der Waals surface area (Å²) in [6.45, 7) is 2.10. The van der Waals surface area contributed by atoms with Crippen LogP contribution in [-0.4, -0.2) is 9.78 Å².